The van der Waals surface area contributed by atoms with Crippen molar-refractivity contribution in [2.75, 3.05) is 12.0 Å². The van der Waals surface area contributed by atoms with E-state index in [-0.39, 0.29) is 11.7 Å². The lowest BCUT2D eigenvalue weighted by Crippen LogP contribution is -2.30. The van der Waals surface area contributed by atoms with Crippen LogP contribution in [0.2, 0.25) is 0 Å². The molecule has 4 nitrogen and oxygen atoms in total. The number of benzene rings is 3. The van der Waals surface area contributed by atoms with Gasteiger partial charge in [0, 0.05) is 24.7 Å². The zero-order chi connectivity index (χ0) is 22.9. The largest absolute Gasteiger partial charge is 0.468 e. The first-order valence-electron chi connectivity index (χ1n) is 11.0. The van der Waals surface area contributed by atoms with E-state index in [1.165, 1.54) is 25.2 Å². The molecule has 3 aromatic rings. The summed E-state index contributed by atoms with van der Waals surface area (Å²) in [5.74, 6) is -1.66. The minimum atomic E-state index is -0.794. The summed E-state index contributed by atoms with van der Waals surface area (Å²) in [6.07, 6.45) is 0.667. The third-order valence-electron chi connectivity index (χ3n) is 5.83. The van der Waals surface area contributed by atoms with E-state index in [1.54, 1.807) is 0 Å². The van der Waals surface area contributed by atoms with Gasteiger partial charge in [0.2, 0.25) is 0 Å². The van der Waals surface area contributed by atoms with Crippen LogP contribution in [0.3, 0.4) is 0 Å². The molecule has 3 aromatic carbocycles. The third kappa shape index (κ3) is 5.85. The Balaban J connectivity index is 1.97. The minimum Gasteiger partial charge on any atom is -0.468 e. The Morgan fingerprint density at radius 1 is 0.844 bits per heavy atom. The molecule has 0 aliphatic rings. The maximum atomic E-state index is 12.4. The topological polar surface area (TPSA) is 46.6 Å². The van der Waals surface area contributed by atoms with Crippen molar-refractivity contribution in [3.8, 4) is 0 Å². The molecular formula is C28H31NO3. The number of esters is 1. The van der Waals surface area contributed by atoms with Crippen LogP contribution in [0.25, 0.3) is 0 Å². The molecule has 1 unspecified atom stereocenters. The van der Waals surface area contributed by atoms with Crippen molar-refractivity contribution in [1.29, 1.82) is 0 Å². The minimum absolute atomic E-state index is 0.167. The molecule has 4 heteroatoms. The van der Waals surface area contributed by atoms with Crippen LogP contribution in [-0.2, 0) is 27.4 Å². The van der Waals surface area contributed by atoms with Crippen molar-refractivity contribution in [3.05, 3.63) is 102 Å². The highest BCUT2D eigenvalue weighted by atomic mass is 16.5. The van der Waals surface area contributed by atoms with Gasteiger partial charge in [-0.05, 0) is 42.2 Å². The Hall–Kier alpha value is -3.40. The fourth-order valence-electron chi connectivity index (χ4n) is 4.20. The molecule has 0 fully saturated rings. The van der Waals surface area contributed by atoms with Crippen LogP contribution in [0.1, 0.15) is 42.9 Å². The molecule has 0 spiro atoms. The first kappa shape index (κ1) is 23.3. The Bertz CT molecular complexity index is 976. The number of methoxy groups -OCH3 is 1. The average Bonchev–Trinajstić information content (AvgIpc) is 2.82. The summed E-state index contributed by atoms with van der Waals surface area (Å²) in [5, 5.41) is 0. The highest BCUT2D eigenvalue weighted by Gasteiger charge is 2.33. The lowest BCUT2D eigenvalue weighted by atomic mass is 9.81. The van der Waals surface area contributed by atoms with Gasteiger partial charge in [-0.25, -0.2) is 0 Å². The molecule has 2 atom stereocenters. The zero-order valence-corrected chi connectivity index (χ0v) is 19.0. The van der Waals surface area contributed by atoms with Crippen LogP contribution in [0.5, 0.6) is 0 Å². The first-order chi connectivity index (χ1) is 15.5. The van der Waals surface area contributed by atoms with Crippen LogP contribution < -0.4 is 4.90 Å². The molecule has 0 aliphatic heterocycles. The van der Waals surface area contributed by atoms with E-state index < -0.39 is 11.9 Å². The summed E-state index contributed by atoms with van der Waals surface area (Å²) in [6, 6.07) is 28.9. The summed E-state index contributed by atoms with van der Waals surface area (Å²) in [4.78, 5) is 27.0. The standard InChI is InChI=1S/C28H31NO3/c1-4-26(27(21(2)30)28(31)32-3)24-16-11-17-25(18-24)29(19-22-12-7-5-8-13-22)20-23-14-9-6-10-15-23/h5-18,26-27H,4,19-20H2,1-3H3/t26-,27?/m1/s1. The van der Waals surface area contributed by atoms with Crippen LogP contribution in [-0.4, -0.2) is 18.9 Å². The van der Waals surface area contributed by atoms with E-state index in [0.29, 0.717) is 6.42 Å². The third-order valence-corrected chi connectivity index (χ3v) is 5.83. The van der Waals surface area contributed by atoms with Crippen molar-refractivity contribution < 1.29 is 14.3 Å². The summed E-state index contributed by atoms with van der Waals surface area (Å²) in [5.41, 5.74) is 4.47. The fourth-order valence-corrected chi connectivity index (χ4v) is 4.20. The van der Waals surface area contributed by atoms with E-state index in [0.717, 1.165) is 24.3 Å². The number of Topliss-reactive ketones (excluding diaryl/α,β-unsaturated/α-hetero) is 1. The highest BCUT2D eigenvalue weighted by Crippen LogP contribution is 2.33. The SMILES string of the molecule is CC[C@H](c1cccc(N(Cc2ccccc2)Cc2ccccc2)c1)C(C(C)=O)C(=O)OC. The Morgan fingerprint density at radius 2 is 1.41 bits per heavy atom. The van der Waals surface area contributed by atoms with E-state index in [9.17, 15) is 9.59 Å². The van der Waals surface area contributed by atoms with Gasteiger partial charge < -0.3 is 9.64 Å². The lowest BCUT2D eigenvalue weighted by molar-refractivity contribution is -0.150. The average molecular weight is 430 g/mol. The number of nitrogens with zero attached hydrogens (tertiary/aromatic N) is 1. The molecule has 0 heterocycles. The summed E-state index contributed by atoms with van der Waals surface area (Å²) in [6.45, 7) is 4.97. The maximum Gasteiger partial charge on any atom is 0.316 e. The van der Waals surface area contributed by atoms with Crippen molar-refractivity contribution in [1.82, 2.24) is 0 Å². The lowest BCUT2D eigenvalue weighted by Gasteiger charge is -2.28. The summed E-state index contributed by atoms with van der Waals surface area (Å²) >= 11 is 0. The van der Waals surface area contributed by atoms with E-state index >= 15 is 0 Å². The van der Waals surface area contributed by atoms with Gasteiger partial charge in [-0.15, -0.1) is 0 Å². The second-order valence-electron chi connectivity index (χ2n) is 8.05. The van der Waals surface area contributed by atoms with Gasteiger partial charge in [0.25, 0.3) is 0 Å². The summed E-state index contributed by atoms with van der Waals surface area (Å²) < 4.78 is 4.94. The smallest absolute Gasteiger partial charge is 0.316 e. The second-order valence-corrected chi connectivity index (χ2v) is 8.05. The zero-order valence-electron chi connectivity index (χ0n) is 19.0. The molecule has 0 aliphatic carbocycles. The normalized spacial score (nSPS) is 12.6. The number of ketones is 1. The number of anilines is 1. The highest BCUT2D eigenvalue weighted by molar-refractivity contribution is 5.98. The predicted octanol–water partition coefficient (Wildman–Crippen LogP) is 5.77. The number of hydrogen-bond donors (Lipinski definition) is 0. The molecule has 0 radical (unpaired) electrons. The number of hydrogen-bond acceptors (Lipinski definition) is 4. The van der Waals surface area contributed by atoms with Gasteiger partial charge in [-0.2, -0.15) is 0 Å². The molecule has 0 bridgehead atoms. The number of ether oxygens (including phenoxy) is 1. The fraction of sp³-hybridized carbons (Fsp3) is 0.286. The van der Waals surface area contributed by atoms with Crippen LogP contribution in [0.4, 0.5) is 5.69 Å². The summed E-state index contributed by atoms with van der Waals surface area (Å²) in [7, 11) is 1.34. The second kappa shape index (κ2) is 11.3. The first-order valence-corrected chi connectivity index (χ1v) is 11.0. The van der Waals surface area contributed by atoms with Crippen molar-refractivity contribution >= 4 is 17.4 Å². The van der Waals surface area contributed by atoms with Crippen LogP contribution >= 0.6 is 0 Å². The molecular weight excluding hydrogens is 398 g/mol. The van der Waals surface area contributed by atoms with Gasteiger partial charge in [-0.3, -0.25) is 9.59 Å². The molecule has 0 amide bonds. The van der Waals surface area contributed by atoms with Gasteiger partial charge in [0.1, 0.15) is 11.7 Å². The van der Waals surface area contributed by atoms with Gasteiger partial charge in [0.05, 0.1) is 7.11 Å². The van der Waals surface area contributed by atoms with Gasteiger partial charge in [-0.1, -0.05) is 79.7 Å². The Labute approximate surface area is 190 Å². The van der Waals surface area contributed by atoms with E-state index in [2.05, 4.69) is 41.3 Å². The molecule has 166 valence electrons. The number of carbonyl (C=O) groups excluding carboxylic acids is 2. The number of rotatable bonds is 10. The molecule has 0 N–H and O–H groups in total. The molecule has 3 rings (SSSR count). The molecule has 0 aromatic heterocycles. The Kier molecular flexibility index (Phi) is 8.20. The van der Waals surface area contributed by atoms with E-state index in [4.69, 9.17) is 4.74 Å². The van der Waals surface area contributed by atoms with Crippen LogP contribution in [0.15, 0.2) is 84.9 Å². The molecule has 0 saturated carbocycles. The predicted molar refractivity (Wildman–Crippen MR) is 128 cm³/mol. The molecule has 0 saturated heterocycles. The van der Waals surface area contributed by atoms with Crippen molar-refractivity contribution in [2.24, 2.45) is 5.92 Å². The quantitative estimate of drug-likeness (QED) is 0.303. The van der Waals surface area contributed by atoms with Crippen molar-refractivity contribution in [3.63, 3.8) is 0 Å². The van der Waals surface area contributed by atoms with Gasteiger partial charge in [0.15, 0.2) is 0 Å². The maximum absolute atomic E-state index is 12.4. The van der Waals surface area contributed by atoms with Crippen LogP contribution in [0, 0.1) is 5.92 Å². The van der Waals surface area contributed by atoms with E-state index in [1.807, 2.05) is 55.5 Å². The molecule has 32 heavy (non-hydrogen) atoms. The Morgan fingerprint density at radius 3 is 1.88 bits per heavy atom. The monoisotopic (exact) mass is 429 g/mol. The van der Waals surface area contributed by atoms with Gasteiger partial charge >= 0.3 is 5.97 Å². The van der Waals surface area contributed by atoms with Crippen molar-refractivity contribution in [2.45, 2.75) is 39.3 Å². The number of carbonyl (C=O) groups is 2.